The summed E-state index contributed by atoms with van der Waals surface area (Å²) in [5, 5.41) is 0. The van der Waals surface area contributed by atoms with Crippen molar-refractivity contribution in [1.29, 1.82) is 0 Å². The minimum Gasteiger partial charge on any atom is -0.101 e. The molecule has 0 aromatic rings. The molecule has 0 aromatic heterocycles. The lowest BCUT2D eigenvalue weighted by molar-refractivity contribution is 0.576. The maximum atomic E-state index is 2.51. The molecule has 0 amide bonds. The van der Waals surface area contributed by atoms with E-state index in [1.54, 1.807) is 0 Å². The Kier molecular flexibility index (Phi) is 9.71. The zero-order chi connectivity index (χ0) is 12.6. The molecular formula is C15H33P. The van der Waals surface area contributed by atoms with E-state index in [1.807, 2.05) is 0 Å². The van der Waals surface area contributed by atoms with Crippen LogP contribution in [0.15, 0.2) is 0 Å². The maximum absolute atomic E-state index is 2.51. The number of hydrogen-bond acceptors (Lipinski definition) is 0. The quantitative estimate of drug-likeness (QED) is 0.443. The normalized spacial score (nSPS) is 17.4. The highest BCUT2D eigenvalue weighted by molar-refractivity contribution is 7.59. The molecule has 0 N–H and O–H groups in total. The van der Waals surface area contributed by atoms with Crippen LogP contribution in [0.3, 0.4) is 0 Å². The second kappa shape index (κ2) is 9.46. The van der Waals surface area contributed by atoms with Crippen LogP contribution in [-0.2, 0) is 0 Å². The smallest absolute Gasteiger partial charge is 0.0233 e. The van der Waals surface area contributed by atoms with E-state index < -0.39 is 0 Å². The lowest BCUT2D eigenvalue weighted by Crippen LogP contribution is -2.14. The predicted molar refractivity (Wildman–Crippen MR) is 80.0 cm³/mol. The summed E-state index contributed by atoms with van der Waals surface area (Å²) in [5.74, 6) is 0.871. The van der Waals surface area contributed by atoms with E-state index in [0.717, 1.165) is 17.2 Å². The van der Waals surface area contributed by atoms with Gasteiger partial charge in [-0.15, -0.1) is 7.92 Å². The number of hydrogen-bond donors (Lipinski definition) is 0. The Morgan fingerprint density at radius 3 is 1.94 bits per heavy atom. The van der Waals surface area contributed by atoms with Crippen molar-refractivity contribution in [2.24, 2.45) is 5.92 Å². The second-order valence-electron chi connectivity index (χ2n) is 5.71. The van der Waals surface area contributed by atoms with Gasteiger partial charge in [0.05, 0.1) is 0 Å². The third kappa shape index (κ3) is 6.89. The van der Waals surface area contributed by atoms with Gasteiger partial charge in [-0.3, -0.25) is 0 Å². The molecule has 3 atom stereocenters. The lowest BCUT2D eigenvalue weighted by Gasteiger charge is -2.31. The number of unbranched alkanes of at least 4 members (excludes halogenated alkanes) is 1. The van der Waals surface area contributed by atoms with E-state index in [9.17, 15) is 0 Å². The van der Waals surface area contributed by atoms with Crippen molar-refractivity contribution in [2.75, 3.05) is 6.16 Å². The Hall–Kier alpha value is 0.430. The fourth-order valence-corrected chi connectivity index (χ4v) is 6.33. The first-order valence-electron chi connectivity index (χ1n) is 7.28. The SMILES string of the molecule is CCCCP(C(C)CCC)C(C)CC(C)C. The van der Waals surface area contributed by atoms with Crippen LogP contribution in [0, 0.1) is 5.92 Å². The molecule has 0 rings (SSSR count). The molecule has 1 heteroatoms. The standard InChI is InChI=1S/C15H33P/c1-7-9-11-16(14(5)10-8-2)15(6)12-13(3)4/h13-15H,7-12H2,1-6H3. The first-order chi connectivity index (χ1) is 7.52. The van der Waals surface area contributed by atoms with Crippen LogP contribution in [0.2, 0.25) is 0 Å². The highest BCUT2D eigenvalue weighted by Gasteiger charge is 2.22. The zero-order valence-electron chi connectivity index (χ0n) is 12.4. The van der Waals surface area contributed by atoms with Crippen LogP contribution in [-0.4, -0.2) is 17.5 Å². The molecule has 0 fully saturated rings. The van der Waals surface area contributed by atoms with Crippen LogP contribution >= 0.6 is 7.92 Å². The van der Waals surface area contributed by atoms with Crippen molar-refractivity contribution in [3.05, 3.63) is 0 Å². The van der Waals surface area contributed by atoms with Gasteiger partial charge in [0.1, 0.15) is 0 Å². The van der Waals surface area contributed by atoms with Crippen LogP contribution in [0.1, 0.15) is 73.6 Å². The van der Waals surface area contributed by atoms with Gasteiger partial charge < -0.3 is 0 Å². The van der Waals surface area contributed by atoms with Crippen molar-refractivity contribution in [3.63, 3.8) is 0 Å². The van der Waals surface area contributed by atoms with Crippen molar-refractivity contribution in [2.45, 2.75) is 85.0 Å². The topological polar surface area (TPSA) is 0 Å². The van der Waals surface area contributed by atoms with E-state index in [1.165, 1.54) is 38.3 Å². The van der Waals surface area contributed by atoms with Gasteiger partial charge >= 0.3 is 0 Å². The molecule has 0 nitrogen and oxygen atoms in total. The molecule has 0 heterocycles. The first kappa shape index (κ1) is 16.4. The summed E-state index contributed by atoms with van der Waals surface area (Å²) in [6.07, 6.45) is 8.57. The summed E-state index contributed by atoms with van der Waals surface area (Å²) in [4.78, 5) is 0. The van der Waals surface area contributed by atoms with Crippen LogP contribution < -0.4 is 0 Å². The van der Waals surface area contributed by atoms with Gasteiger partial charge in [0.2, 0.25) is 0 Å². The van der Waals surface area contributed by atoms with Crippen LogP contribution in [0.4, 0.5) is 0 Å². The van der Waals surface area contributed by atoms with Crippen LogP contribution in [0.5, 0.6) is 0 Å². The monoisotopic (exact) mass is 244 g/mol. The Morgan fingerprint density at radius 2 is 1.50 bits per heavy atom. The second-order valence-corrected chi connectivity index (χ2v) is 8.95. The van der Waals surface area contributed by atoms with E-state index in [-0.39, 0.29) is 7.92 Å². The van der Waals surface area contributed by atoms with Gasteiger partial charge in [-0.2, -0.15) is 0 Å². The van der Waals surface area contributed by atoms with E-state index in [2.05, 4.69) is 41.5 Å². The van der Waals surface area contributed by atoms with Crippen molar-refractivity contribution >= 4 is 7.92 Å². The third-order valence-electron chi connectivity index (χ3n) is 3.42. The molecule has 0 radical (unpaired) electrons. The predicted octanol–water partition coefficient (Wildman–Crippen LogP) is 5.89. The minimum absolute atomic E-state index is 0.273. The molecule has 16 heavy (non-hydrogen) atoms. The lowest BCUT2D eigenvalue weighted by atomic mass is 10.1. The van der Waals surface area contributed by atoms with E-state index in [4.69, 9.17) is 0 Å². The van der Waals surface area contributed by atoms with Gasteiger partial charge in [0, 0.05) is 0 Å². The Labute approximate surface area is 105 Å². The molecule has 0 aliphatic heterocycles. The highest BCUT2D eigenvalue weighted by atomic mass is 31.1. The van der Waals surface area contributed by atoms with Crippen molar-refractivity contribution < 1.29 is 0 Å². The summed E-state index contributed by atoms with van der Waals surface area (Å²) in [6.45, 7) is 14.4. The summed E-state index contributed by atoms with van der Waals surface area (Å²) in [5.41, 5.74) is 1.96. The van der Waals surface area contributed by atoms with Crippen LogP contribution in [0.25, 0.3) is 0 Å². The van der Waals surface area contributed by atoms with E-state index in [0.29, 0.717) is 0 Å². The molecule has 0 aromatic carbocycles. The Balaban J connectivity index is 4.26. The summed E-state index contributed by atoms with van der Waals surface area (Å²) in [7, 11) is 0.273. The summed E-state index contributed by atoms with van der Waals surface area (Å²) >= 11 is 0. The fraction of sp³-hybridized carbons (Fsp3) is 1.00. The number of rotatable bonds is 9. The molecule has 0 bridgehead atoms. The molecule has 0 saturated carbocycles. The molecular weight excluding hydrogens is 211 g/mol. The third-order valence-corrected chi connectivity index (χ3v) is 6.99. The molecule has 0 aliphatic carbocycles. The average Bonchev–Trinajstić information content (AvgIpc) is 2.17. The van der Waals surface area contributed by atoms with Gasteiger partial charge in [-0.1, -0.05) is 54.4 Å². The minimum atomic E-state index is 0.273. The van der Waals surface area contributed by atoms with Gasteiger partial charge in [0.15, 0.2) is 0 Å². The Bertz CT molecular complexity index is 154. The van der Waals surface area contributed by atoms with Crippen molar-refractivity contribution in [1.82, 2.24) is 0 Å². The first-order valence-corrected chi connectivity index (χ1v) is 8.95. The molecule has 98 valence electrons. The average molecular weight is 244 g/mol. The van der Waals surface area contributed by atoms with Gasteiger partial charge in [-0.05, 0) is 42.7 Å². The van der Waals surface area contributed by atoms with Crippen molar-refractivity contribution in [3.8, 4) is 0 Å². The summed E-state index contributed by atoms with van der Waals surface area (Å²) in [6, 6.07) is 0. The molecule has 0 aliphatic rings. The molecule has 0 spiro atoms. The Morgan fingerprint density at radius 1 is 0.875 bits per heavy atom. The van der Waals surface area contributed by atoms with Gasteiger partial charge in [0.25, 0.3) is 0 Å². The zero-order valence-corrected chi connectivity index (χ0v) is 13.3. The summed E-state index contributed by atoms with van der Waals surface area (Å²) < 4.78 is 0. The molecule has 3 unspecified atom stereocenters. The van der Waals surface area contributed by atoms with E-state index >= 15 is 0 Å². The highest BCUT2D eigenvalue weighted by Crippen LogP contribution is 2.50. The fourth-order valence-electron chi connectivity index (χ4n) is 2.62. The largest absolute Gasteiger partial charge is 0.101 e. The maximum Gasteiger partial charge on any atom is -0.0233 e. The molecule has 0 saturated heterocycles. The van der Waals surface area contributed by atoms with Gasteiger partial charge in [-0.25, -0.2) is 0 Å².